The van der Waals surface area contributed by atoms with Crippen LogP contribution in [0.4, 0.5) is 22.0 Å². The van der Waals surface area contributed by atoms with Crippen LogP contribution in [0.15, 0.2) is 82.5 Å². The van der Waals surface area contributed by atoms with Gasteiger partial charge in [0.05, 0.1) is 11.3 Å². The summed E-state index contributed by atoms with van der Waals surface area (Å²) in [5.41, 5.74) is -2.36. The van der Waals surface area contributed by atoms with E-state index >= 15 is 0 Å². The molecule has 2 amide bonds. The highest BCUT2D eigenvalue weighted by atomic mass is 19.4. The third-order valence-corrected chi connectivity index (χ3v) is 4.57. The number of hydrogen-bond donors (Lipinski definition) is 4. The number of amides is 2. The number of imide groups is 1. The lowest BCUT2D eigenvalue weighted by Gasteiger charge is -2.09. The van der Waals surface area contributed by atoms with Crippen LogP contribution in [0.3, 0.4) is 0 Å². The van der Waals surface area contributed by atoms with Crippen LogP contribution in [0.1, 0.15) is 24.0 Å². The Hall–Kier alpha value is -4.37. The Labute approximate surface area is 211 Å². The van der Waals surface area contributed by atoms with E-state index in [0.717, 1.165) is 35.0 Å². The average molecular weight is 539 g/mol. The summed E-state index contributed by atoms with van der Waals surface area (Å²) in [6, 6.07) is 10.4. The molecule has 3 aromatic rings. The normalized spacial score (nSPS) is 12.6. The second kappa shape index (κ2) is 13.3. The van der Waals surface area contributed by atoms with Gasteiger partial charge in [0.15, 0.2) is 0 Å². The van der Waals surface area contributed by atoms with Crippen LogP contribution >= 0.6 is 0 Å². The molecule has 0 atom stereocenters. The van der Waals surface area contributed by atoms with Crippen molar-refractivity contribution in [3.63, 3.8) is 0 Å². The fourth-order valence-corrected chi connectivity index (χ4v) is 2.81. The highest BCUT2D eigenvalue weighted by Gasteiger charge is 2.30. The number of halogens is 5. The second-order valence-corrected chi connectivity index (χ2v) is 7.39. The highest BCUT2D eigenvalue weighted by molar-refractivity contribution is 6.58. The topological polar surface area (TPSA) is 141 Å². The molecule has 0 saturated carbocycles. The molecular weight excluding hydrogens is 520 g/mol. The molecule has 1 aromatic heterocycles. The van der Waals surface area contributed by atoms with Gasteiger partial charge >= 0.3 is 19.0 Å². The third-order valence-electron chi connectivity index (χ3n) is 4.57. The monoisotopic (exact) mass is 539 g/mol. The van der Waals surface area contributed by atoms with Crippen LogP contribution < -0.4 is 22.0 Å². The van der Waals surface area contributed by atoms with Gasteiger partial charge in [-0.3, -0.25) is 29.3 Å². The number of hydrogen-bond acceptors (Lipinski definition) is 6. The smallest absolute Gasteiger partial charge is 0.423 e. The van der Waals surface area contributed by atoms with Crippen molar-refractivity contribution in [2.45, 2.75) is 19.0 Å². The maximum absolute atomic E-state index is 12.5. The maximum Gasteiger partial charge on any atom is 0.488 e. The molecule has 0 radical (unpaired) electrons. The molecule has 0 saturated heterocycles. The van der Waals surface area contributed by atoms with Gasteiger partial charge < -0.3 is 10.0 Å². The molecule has 0 aliphatic carbocycles. The molecule has 0 bridgehead atoms. The van der Waals surface area contributed by atoms with E-state index in [0.29, 0.717) is 6.42 Å². The predicted molar refractivity (Wildman–Crippen MR) is 126 cm³/mol. The molecule has 15 heteroatoms. The number of carbonyl (C=O) groups excluding carboxylic acids is 2. The zero-order chi connectivity index (χ0) is 28.5. The fourth-order valence-electron chi connectivity index (χ4n) is 2.81. The molecule has 4 N–H and O–H groups in total. The maximum atomic E-state index is 12.5. The van der Waals surface area contributed by atoms with E-state index in [2.05, 4.69) is 5.32 Å². The number of nitrogens with zero attached hydrogens (tertiary/aromatic N) is 1. The van der Waals surface area contributed by atoms with Crippen molar-refractivity contribution >= 4 is 24.4 Å². The van der Waals surface area contributed by atoms with Crippen molar-refractivity contribution in [1.29, 1.82) is 0 Å². The zero-order valence-corrected chi connectivity index (χ0v) is 19.2. The first-order valence-corrected chi connectivity index (χ1v) is 10.5. The summed E-state index contributed by atoms with van der Waals surface area (Å²) in [4.78, 5) is 44.8. The average Bonchev–Trinajstić information content (AvgIpc) is 2.84. The van der Waals surface area contributed by atoms with Gasteiger partial charge in [0, 0.05) is 24.2 Å². The Kier molecular flexibility index (Phi) is 10.4. The molecule has 9 nitrogen and oxygen atoms in total. The SMILES string of the molecule is O=C1C=CCC(=O)N1.O=c1ccn(-c2cccc(C(F)(F)F)c2)c(=O)[nH]1.OB(O)c1cccc(C(F)F)c1. The lowest BCUT2D eigenvalue weighted by Crippen LogP contribution is -2.30. The van der Waals surface area contributed by atoms with Gasteiger partial charge in [-0.25, -0.2) is 13.6 Å². The minimum atomic E-state index is -4.48. The Morgan fingerprint density at radius 3 is 2.16 bits per heavy atom. The minimum Gasteiger partial charge on any atom is -0.423 e. The van der Waals surface area contributed by atoms with Crippen molar-refractivity contribution in [1.82, 2.24) is 14.9 Å². The first-order valence-electron chi connectivity index (χ1n) is 10.5. The largest absolute Gasteiger partial charge is 0.488 e. The molecule has 4 rings (SSSR count). The van der Waals surface area contributed by atoms with Crippen LogP contribution in [0.25, 0.3) is 5.69 Å². The molecule has 0 fully saturated rings. The van der Waals surface area contributed by atoms with E-state index in [-0.39, 0.29) is 28.5 Å². The number of aromatic amines is 1. The van der Waals surface area contributed by atoms with Gasteiger partial charge in [-0.2, -0.15) is 13.2 Å². The summed E-state index contributed by atoms with van der Waals surface area (Å²) in [5.74, 6) is -0.543. The Morgan fingerprint density at radius 1 is 0.947 bits per heavy atom. The summed E-state index contributed by atoms with van der Waals surface area (Å²) >= 11 is 0. The van der Waals surface area contributed by atoms with Crippen LogP contribution in [-0.2, 0) is 15.8 Å². The molecule has 2 aromatic carbocycles. The van der Waals surface area contributed by atoms with Crippen LogP contribution in [0, 0.1) is 0 Å². The van der Waals surface area contributed by atoms with E-state index in [1.54, 1.807) is 6.08 Å². The predicted octanol–water partition coefficient (Wildman–Crippen LogP) is 1.44. The molecule has 1 aliphatic rings. The van der Waals surface area contributed by atoms with Gasteiger partial charge in [-0.05, 0) is 29.7 Å². The summed E-state index contributed by atoms with van der Waals surface area (Å²) in [6.07, 6.45) is -2.73. The summed E-state index contributed by atoms with van der Waals surface area (Å²) in [7, 11) is -1.69. The van der Waals surface area contributed by atoms with E-state index in [9.17, 15) is 41.1 Å². The van der Waals surface area contributed by atoms with Crippen LogP contribution in [0.5, 0.6) is 0 Å². The van der Waals surface area contributed by atoms with Crippen LogP contribution in [0.2, 0.25) is 0 Å². The molecule has 38 heavy (non-hydrogen) atoms. The second-order valence-electron chi connectivity index (χ2n) is 7.39. The molecule has 2 heterocycles. The quantitative estimate of drug-likeness (QED) is 0.226. The van der Waals surface area contributed by atoms with E-state index < -0.39 is 36.5 Å². The van der Waals surface area contributed by atoms with Gasteiger partial charge in [-0.15, -0.1) is 0 Å². The number of aromatic nitrogens is 2. The standard InChI is InChI=1S/C11H7F3N2O2.C7H7BF2O2.C5H5NO2/c12-11(13,14)7-2-1-3-8(6-7)16-5-4-9(17)15-10(16)18;9-7(10)5-2-1-3-6(4-5)8(11)12;7-4-2-1-3-5(8)6-4/h1-6H,(H,15,17,18);1-4,7,11-12H;1-2H,3H2,(H,6,7,8). The first kappa shape index (κ1) is 29.9. The summed E-state index contributed by atoms with van der Waals surface area (Å²) < 4.78 is 62.5. The van der Waals surface area contributed by atoms with Gasteiger partial charge in [-0.1, -0.05) is 36.4 Å². The highest BCUT2D eigenvalue weighted by Crippen LogP contribution is 2.30. The molecule has 1 aliphatic heterocycles. The van der Waals surface area contributed by atoms with Crippen molar-refractivity contribution in [2.24, 2.45) is 0 Å². The Morgan fingerprint density at radius 2 is 1.63 bits per heavy atom. The van der Waals surface area contributed by atoms with Gasteiger partial charge in [0.25, 0.3) is 12.0 Å². The van der Waals surface area contributed by atoms with E-state index in [1.165, 1.54) is 36.4 Å². The van der Waals surface area contributed by atoms with Gasteiger partial charge in [0.2, 0.25) is 11.8 Å². The summed E-state index contributed by atoms with van der Waals surface area (Å²) in [6.45, 7) is 0. The van der Waals surface area contributed by atoms with Crippen LogP contribution in [-0.4, -0.2) is 38.5 Å². The number of benzene rings is 2. The van der Waals surface area contributed by atoms with E-state index in [1.807, 2.05) is 4.98 Å². The molecular formula is C23H19BF5N3O6. The van der Waals surface area contributed by atoms with Crippen molar-refractivity contribution in [2.75, 3.05) is 0 Å². The molecule has 0 spiro atoms. The zero-order valence-electron chi connectivity index (χ0n) is 19.2. The summed E-state index contributed by atoms with van der Waals surface area (Å²) in [5, 5.41) is 19.4. The number of H-pyrrole nitrogens is 1. The number of rotatable bonds is 3. The lowest BCUT2D eigenvalue weighted by atomic mass is 9.80. The number of carbonyl (C=O) groups is 2. The first-order chi connectivity index (χ1) is 17.8. The Balaban J connectivity index is 0.000000218. The van der Waals surface area contributed by atoms with Crippen molar-refractivity contribution in [3.8, 4) is 5.69 Å². The number of nitrogens with one attached hydrogen (secondary N) is 2. The van der Waals surface area contributed by atoms with Crippen molar-refractivity contribution < 1.29 is 41.6 Å². The van der Waals surface area contributed by atoms with Gasteiger partial charge in [0.1, 0.15) is 0 Å². The third kappa shape index (κ3) is 9.26. The minimum absolute atomic E-state index is 0.0334. The van der Waals surface area contributed by atoms with E-state index in [4.69, 9.17) is 10.0 Å². The lowest BCUT2D eigenvalue weighted by molar-refractivity contribution is -0.137. The number of alkyl halides is 5. The Bertz CT molecular complexity index is 1400. The molecule has 0 unspecified atom stereocenters. The molecule has 200 valence electrons. The van der Waals surface area contributed by atoms with Crippen molar-refractivity contribution in [3.05, 3.63) is 105 Å². The fraction of sp³-hybridized carbons (Fsp3) is 0.130.